The summed E-state index contributed by atoms with van der Waals surface area (Å²) in [6, 6.07) is 14.3. The van der Waals surface area contributed by atoms with Crippen LogP contribution >= 0.6 is 0 Å². The topological polar surface area (TPSA) is 38.3 Å². The average Bonchev–Trinajstić information content (AvgIpc) is 2.54. The van der Waals surface area contributed by atoms with E-state index in [9.17, 15) is 4.79 Å². The highest BCUT2D eigenvalue weighted by molar-refractivity contribution is 5.91. The van der Waals surface area contributed by atoms with E-state index in [4.69, 9.17) is 4.74 Å². The van der Waals surface area contributed by atoms with Gasteiger partial charge in [0.25, 0.3) is 0 Å². The van der Waals surface area contributed by atoms with Crippen molar-refractivity contribution in [3.63, 3.8) is 0 Å². The van der Waals surface area contributed by atoms with Crippen molar-refractivity contribution < 1.29 is 9.53 Å². The summed E-state index contributed by atoms with van der Waals surface area (Å²) in [5.74, 6) is 0.157. The van der Waals surface area contributed by atoms with Crippen molar-refractivity contribution in [1.29, 1.82) is 0 Å². The second kappa shape index (κ2) is 6.83. The van der Waals surface area contributed by atoms with E-state index in [1.165, 1.54) is 5.39 Å². The summed E-state index contributed by atoms with van der Waals surface area (Å²) in [6.07, 6.45) is 2.69. The summed E-state index contributed by atoms with van der Waals surface area (Å²) in [4.78, 5) is 12.2. The van der Waals surface area contributed by atoms with Crippen LogP contribution in [0.1, 0.15) is 18.4 Å². The normalized spacial score (nSPS) is 16.2. The van der Waals surface area contributed by atoms with Crippen molar-refractivity contribution >= 4 is 16.6 Å². The third-order valence-electron chi connectivity index (χ3n) is 4.03. The van der Waals surface area contributed by atoms with E-state index in [2.05, 4.69) is 23.5 Å². The highest BCUT2D eigenvalue weighted by Crippen LogP contribution is 2.19. The van der Waals surface area contributed by atoms with Gasteiger partial charge in [0, 0.05) is 6.42 Å². The van der Waals surface area contributed by atoms with E-state index in [1.807, 2.05) is 24.3 Å². The number of carbonyl (C=O) groups excluding carboxylic acids is 1. The minimum absolute atomic E-state index is 0.157. The van der Waals surface area contributed by atoms with Crippen LogP contribution in [0, 0.1) is 0 Å². The third kappa shape index (κ3) is 3.69. The first-order valence-corrected chi connectivity index (χ1v) is 7.63. The zero-order valence-corrected chi connectivity index (χ0v) is 12.2. The van der Waals surface area contributed by atoms with Crippen molar-refractivity contribution in [2.45, 2.75) is 25.4 Å². The van der Waals surface area contributed by atoms with Gasteiger partial charge in [0.2, 0.25) is 0 Å². The van der Waals surface area contributed by atoms with Crippen LogP contribution in [0.25, 0.3) is 10.8 Å². The molecule has 0 spiro atoms. The first-order chi connectivity index (χ1) is 10.3. The summed E-state index contributed by atoms with van der Waals surface area (Å²) in [5, 5.41) is 5.64. The molecule has 3 heteroatoms. The molecule has 2 aromatic rings. The number of benzene rings is 2. The van der Waals surface area contributed by atoms with Crippen molar-refractivity contribution in [1.82, 2.24) is 5.32 Å². The number of fused-ring (bicyclic) bond motifs is 1. The zero-order chi connectivity index (χ0) is 14.5. The Kier molecular flexibility index (Phi) is 4.63. The fraction of sp³-hybridized carbons (Fsp3) is 0.389. The number of ketones is 1. The van der Waals surface area contributed by atoms with Gasteiger partial charge in [-0.25, -0.2) is 0 Å². The van der Waals surface area contributed by atoms with Crippen molar-refractivity contribution in [2.24, 2.45) is 0 Å². The van der Waals surface area contributed by atoms with Gasteiger partial charge in [-0.1, -0.05) is 42.5 Å². The fourth-order valence-corrected chi connectivity index (χ4v) is 2.88. The Morgan fingerprint density at radius 2 is 1.86 bits per heavy atom. The van der Waals surface area contributed by atoms with Gasteiger partial charge in [-0.05, 0) is 42.3 Å². The summed E-state index contributed by atoms with van der Waals surface area (Å²) in [7, 11) is 0. The molecular weight excluding hydrogens is 262 g/mol. The smallest absolute Gasteiger partial charge is 0.162 e. The highest BCUT2D eigenvalue weighted by atomic mass is 16.5. The Labute approximate surface area is 125 Å². The lowest BCUT2D eigenvalue weighted by molar-refractivity contribution is -0.125. The molecule has 0 atom stereocenters. The van der Waals surface area contributed by atoms with Gasteiger partial charge in [0.15, 0.2) is 5.78 Å². The van der Waals surface area contributed by atoms with Crippen molar-refractivity contribution in [3.05, 3.63) is 48.0 Å². The van der Waals surface area contributed by atoms with Crippen LogP contribution in [-0.4, -0.2) is 31.6 Å². The molecule has 1 N–H and O–H groups in total. The number of hydrogen-bond acceptors (Lipinski definition) is 3. The predicted molar refractivity (Wildman–Crippen MR) is 84.5 cm³/mol. The van der Waals surface area contributed by atoms with Gasteiger partial charge in [0.05, 0.1) is 6.10 Å². The van der Waals surface area contributed by atoms with Gasteiger partial charge in [-0.2, -0.15) is 0 Å². The number of nitrogens with one attached hydrogen (secondary N) is 1. The Balaban J connectivity index is 1.61. The zero-order valence-electron chi connectivity index (χ0n) is 12.2. The van der Waals surface area contributed by atoms with E-state index in [0.29, 0.717) is 6.42 Å². The second-order valence-corrected chi connectivity index (χ2v) is 5.61. The molecule has 0 saturated carbocycles. The molecule has 3 nitrogen and oxygen atoms in total. The lowest BCUT2D eigenvalue weighted by Gasteiger charge is -2.22. The van der Waals surface area contributed by atoms with E-state index in [-0.39, 0.29) is 18.5 Å². The van der Waals surface area contributed by atoms with Gasteiger partial charge < -0.3 is 10.1 Å². The highest BCUT2D eigenvalue weighted by Gasteiger charge is 2.15. The van der Waals surface area contributed by atoms with Gasteiger partial charge in [-0.3, -0.25) is 4.79 Å². The summed E-state index contributed by atoms with van der Waals surface area (Å²) < 4.78 is 5.74. The molecule has 1 saturated heterocycles. The fourth-order valence-electron chi connectivity index (χ4n) is 2.88. The van der Waals surface area contributed by atoms with E-state index < -0.39 is 0 Å². The average molecular weight is 283 g/mol. The minimum Gasteiger partial charge on any atom is -0.370 e. The largest absolute Gasteiger partial charge is 0.370 e. The Morgan fingerprint density at radius 3 is 2.71 bits per heavy atom. The molecule has 0 amide bonds. The maximum atomic E-state index is 12.2. The first kappa shape index (κ1) is 14.2. The molecule has 0 radical (unpaired) electrons. The number of rotatable bonds is 5. The van der Waals surface area contributed by atoms with Gasteiger partial charge >= 0.3 is 0 Å². The molecule has 0 unspecified atom stereocenters. The molecule has 0 bridgehead atoms. The number of Topliss-reactive ketones (excluding diaryl/α,β-unsaturated/α-hetero) is 1. The van der Waals surface area contributed by atoms with Crippen molar-refractivity contribution in [3.8, 4) is 0 Å². The minimum atomic E-state index is 0.157. The first-order valence-electron chi connectivity index (χ1n) is 7.63. The Morgan fingerprint density at radius 1 is 1.10 bits per heavy atom. The van der Waals surface area contributed by atoms with Crippen LogP contribution in [0.3, 0.4) is 0 Å². The third-order valence-corrected chi connectivity index (χ3v) is 4.03. The number of piperidine rings is 1. The predicted octanol–water partition coefficient (Wildman–Crippen LogP) is 2.72. The molecule has 0 aliphatic carbocycles. The molecule has 2 aromatic carbocycles. The molecular formula is C18H21NO2. The van der Waals surface area contributed by atoms with Crippen LogP contribution in [-0.2, 0) is 16.0 Å². The molecule has 21 heavy (non-hydrogen) atoms. The summed E-state index contributed by atoms with van der Waals surface area (Å²) >= 11 is 0. The van der Waals surface area contributed by atoms with Gasteiger partial charge in [-0.15, -0.1) is 0 Å². The van der Waals surface area contributed by atoms with Crippen LogP contribution < -0.4 is 5.32 Å². The molecule has 3 rings (SSSR count). The summed E-state index contributed by atoms with van der Waals surface area (Å²) in [6.45, 7) is 2.21. The summed E-state index contributed by atoms with van der Waals surface area (Å²) in [5.41, 5.74) is 1.09. The standard InChI is InChI=1S/C18H21NO2/c20-16(13-21-17-8-10-19-11-9-17)12-15-6-3-5-14-4-1-2-7-18(14)15/h1-7,17,19H,8-13H2. The number of ether oxygens (including phenoxy) is 1. The maximum absolute atomic E-state index is 12.2. The molecule has 110 valence electrons. The molecule has 1 fully saturated rings. The van der Waals surface area contributed by atoms with E-state index >= 15 is 0 Å². The molecule has 0 aromatic heterocycles. The monoisotopic (exact) mass is 283 g/mol. The van der Waals surface area contributed by atoms with E-state index in [1.54, 1.807) is 0 Å². The molecule has 1 aliphatic rings. The van der Waals surface area contributed by atoms with Crippen LogP contribution in [0.2, 0.25) is 0 Å². The van der Waals surface area contributed by atoms with E-state index in [0.717, 1.165) is 36.9 Å². The van der Waals surface area contributed by atoms with Crippen LogP contribution in [0.15, 0.2) is 42.5 Å². The number of hydrogen-bond donors (Lipinski definition) is 1. The van der Waals surface area contributed by atoms with Gasteiger partial charge in [0.1, 0.15) is 6.61 Å². The Bertz CT molecular complexity index is 612. The quantitative estimate of drug-likeness (QED) is 0.917. The second-order valence-electron chi connectivity index (χ2n) is 5.61. The molecule has 1 aliphatic heterocycles. The number of carbonyl (C=O) groups is 1. The Hall–Kier alpha value is -1.71. The molecule has 1 heterocycles. The SMILES string of the molecule is O=C(COC1CCNCC1)Cc1cccc2ccccc12. The van der Waals surface area contributed by atoms with Crippen LogP contribution in [0.4, 0.5) is 0 Å². The van der Waals surface area contributed by atoms with Crippen LogP contribution in [0.5, 0.6) is 0 Å². The lowest BCUT2D eigenvalue weighted by atomic mass is 10.0. The maximum Gasteiger partial charge on any atom is 0.162 e. The van der Waals surface area contributed by atoms with Crippen molar-refractivity contribution in [2.75, 3.05) is 19.7 Å². The lowest BCUT2D eigenvalue weighted by Crippen LogP contribution is -2.33.